The molecule has 0 bridgehead atoms. The molecule has 1 N–H and O–H groups in total. The molecule has 0 aliphatic rings. The second-order valence-corrected chi connectivity index (χ2v) is 4.17. The fourth-order valence-electron chi connectivity index (χ4n) is 1.12. The molecule has 1 aromatic carbocycles. The topological polar surface area (TPSA) is 64.4 Å². The molecule has 9 heteroatoms. The summed E-state index contributed by atoms with van der Waals surface area (Å²) in [5.74, 6) is 0. The number of hydrogen-bond acceptors (Lipinski definition) is 4. The zero-order valence-electron chi connectivity index (χ0n) is 8.83. The van der Waals surface area contributed by atoms with Crippen LogP contribution < -0.4 is 5.48 Å². The van der Waals surface area contributed by atoms with Gasteiger partial charge in [0.1, 0.15) is 0 Å². The third-order valence-electron chi connectivity index (χ3n) is 1.84. The first-order valence-corrected chi connectivity index (χ1v) is 5.43. The monoisotopic (exact) mass is 328 g/mol. The fourth-order valence-corrected chi connectivity index (χ4v) is 1.47. The van der Waals surface area contributed by atoms with Crippen LogP contribution in [-0.4, -0.2) is 17.7 Å². The van der Waals surface area contributed by atoms with Gasteiger partial charge in [-0.15, -0.1) is 0 Å². The second-order valence-electron chi connectivity index (χ2n) is 3.26. The van der Waals surface area contributed by atoms with E-state index in [0.29, 0.717) is 4.47 Å². The first kappa shape index (κ1) is 14.9. The van der Waals surface area contributed by atoms with Crippen molar-refractivity contribution >= 4 is 21.6 Å². The molecule has 0 spiro atoms. The molecule has 0 unspecified atom stereocenters. The lowest BCUT2D eigenvalue weighted by Gasteiger charge is -2.08. The Bertz CT molecular complexity index is 440. The molecular weight excluding hydrogens is 321 g/mol. The Morgan fingerprint density at radius 1 is 1.44 bits per heavy atom. The molecule has 0 amide bonds. The summed E-state index contributed by atoms with van der Waals surface area (Å²) in [5, 5.41) is 10.7. The number of benzene rings is 1. The minimum absolute atomic E-state index is 0.195. The van der Waals surface area contributed by atoms with E-state index in [0.717, 1.165) is 0 Å². The maximum Gasteiger partial charge on any atom is 0.413 e. The minimum Gasteiger partial charge on any atom is -0.292 e. The van der Waals surface area contributed by atoms with Gasteiger partial charge in [0, 0.05) is 16.1 Å². The quantitative estimate of drug-likeness (QED) is 0.512. The van der Waals surface area contributed by atoms with Crippen LogP contribution in [-0.2, 0) is 11.4 Å². The number of halogens is 4. The molecule has 0 saturated heterocycles. The smallest absolute Gasteiger partial charge is 0.292 e. The second kappa shape index (κ2) is 6.12. The summed E-state index contributed by atoms with van der Waals surface area (Å²) in [6.45, 7) is -1.66. The van der Waals surface area contributed by atoms with Crippen molar-refractivity contribution in [2.75, 3.05) is 6.61 Å². The molecule has 0 aliphatic heterocycles. The maximum absolute atomic E-state index is 11.8. The normalized spacial score (nSPS) is 11.6. The van der Waals surface area contributed by atoms with Crippen LogP contribution in [0.2, 0.25) is 0 Å². The lowest BCUT2D eigenvalue weighted by Crippen LogP contribution is -2.24. The van der Waals surface area contributed by atoms with E-state index in [1.165, 1.54) is 12.1 Å². The third-order valence-corrected chi connectivity index (χ3v) is 2.34. The molecular formula is C9H8BrF3N2O3. The average molecular weight is 329 g/mol. The van der Waals surface area contributed by atoms with Crippen molar-refractivity contribution in [3.05, 3.63) is 38.3 Å². The molecule has 0 heterocycles. The van der Waals surface area contributed by atoms with E-state index in [-0.39, 0.29) is 17.8 Å². The first-order valence-electron chi connectivity index (χ1n) is 4.64. The molecule has 0 aromatic heterocycles. The third kappa shape index (κ3) is 4.98. The SMILES string of the molecule is O=[N+]([O-])c1cc(Br)ccc1CNOCC(F)(F)F. The van der Waals surface area contributed by atoms with E-state index in [1.807, 2.05) is 5.48 Å². The number of nitrogens with zero attached hydrogens (tertiary/aromatic N) is 1. The van der Waals surface area contributed by atoms with Gasteiger partial charge in [-0.25, -0.2) is 0 Å². The van der Waals surface area contributed by atoms with Crippen LogP contribution in [0, 0.1) is 10.1 Å². The van der Waals surface area contributed by atoms with E-state index in [2.05, 4.69) is 20.8 Å². The zero-order chi connectivity index (χ0) is 13.8. The molecule has 0 saturated carbocycles. The van der Waals surface area contributed by atoms with Crippen molar-refractivity contribution in [3.63, 3.8) is 0 Å². The fraction of sp³-hybridized carbons (Fsp3) is 0.333. The molecule has 18 heavy (non-hydrogen) atoms. The van der Waals surface area contributed by atoms with Crippen LogP contribution >= 0.6 is 15.9 Å². The zero-order valence-corrected chi connectivity index (χ0v) is 10.4. The maximum atomic E-state index is 11.8. The number of hydroxylamine groups is 1. The van der Waals surface area contributed by atoms with Gasteiger partial charge in [-0.3, -0.25) is 15.0 Å². The Kier molecular flexibility index (Phi) is 5.05. The van der Waals surface area contributed by atoms with Crippen molar-refractivity contribution in [2.24, 2.45) is 0 Å². The van der Waals surface area contributed by atoms with Gasteiger partial charge in [-0.1, -0.05) is 15.9 Å². The van der Waals surface area contributed by atoms with Gasteiger partial charge in [0.05, 0.1) is 11.5 Å². The van der Waals surface area contributed by atoms with E-state index in [9.17, 15) is 23.3 Å². The van der Waals surface area contributed by atoms with Crippen molar-refractivity contribution in [2.45, 2.75) is 12.7 Å². The highest BCUT2D eigenvalue weighted by Gasteiger charge is 2.27. The summed E-state index contributed by atoms with van der Waals surface area (Å²) in [6.07, 6.45) is -4.45. The Hall–Kier alpha value is -1.19. The van der Waals surface area contributed by atoms with Gasteiger partial charge < -0.3 is 0 Å². The number of nitro benzene ring substituents is 1. The van der Waals surface area contributed by atoms with Crippen LogP contribution in [0.5, 0.6) is 0 Å². The lowest BCUT2D eigenvalue weighted by atomic mass is 10.2. The number of nitrogens with one attached hydrogen (secondary N) is 1. The standard InChI is InChI=1S/C9H8BrF3N2O3/c10-7-2-1-6(8(3-7)15(16)17)4-14-18-5-9(11,12)13/h1-3,14H,4-5H2. The van der Waals surface area contributed by atoms with E-state index >= 15 is 0 Å². The average Bonchev–Trinajstić information content (AvgIpc) is 2.24. The van der Waals surface area contributed by atoms with Crippen LogP contribution in [0.25, 0.3) is 0 Å². The Morgan fingerprint density at radius 2 is 2.11 bits per heavy atom. The molecule has 1 rings (SSSR count). The molecule has 0 atom stereocenters. The van der Waals surface area contributed by atoms with Crippen molar-refractivity contribution in [1.82, 2.24) is 5.48 Å². The van der Waals surface area contributed by atoms with E-state index in [1.54, 1.807) is 6.07 Å². The summed E-state index contributed by atoms with van der Waals surface area (Å²) in [7, 11) is 0. The number of hydrogen-bond donors (Lipinski definition) is 1. The highest BCUT2D eigenvalue weighted by Crippen LogP contribution is 2.23. The van der Waals surface area contributed by atoms with Gasteiger partial charge in [0.15, 0.2) is 6.61 Å². The van der Waals surface area contributed by atoms with E-state index < -0.39 is 17.7 Å². The Labute approximate surface area is 108 Å². The van der Waals surface area contributed by atoms with Gasteiger partial charge in [0.25, 0.3) is 5.69 Å². The number of nitro groups is 1. The van der Waals surface area contributed by atoms with Crippen molar-refractivity contribution in [1.29, 1.82) is 0 Å². The largest absolute Gasteiger partial charge is 0.413 e. The lowest BCUT2D eigenvalue weighted by molar-refractivity contribution is -0.385. The first-order chi connectivity index (χ1) is 8.29. The predicted molar refractivity (Wildman–Crippen MR) is 59.6 cm³/mol. The molecule has 5 nitrogen and oxygen atoms in total. The minimum atomic E-state index is -4.45. The van der Waals surface area contributed by atoms with Crippen LogP contribution in [0.15, 0.2) is 22.7 Å². The summed E-state index contributed by atoms with van der Waals surface area (Å²) >= 11 is 3.07. The molecule has 0 aliphatic carbocycles. The molecule has 0 fully saturated rings. The van der Waals surface area contributed by atoms with E-state index in [4.69, 9.17) is 0 Å². The number of rotatable bonds is 5. The summed E-state index contributed by atoms with van der Waals surface area (Å²) in [5.41, 5.74) is 2.06. The Morgan fingerprint density at radius 3 is 2.67 bits per heavy atom. The predicted octanol–water partition coefficient (Wildman–Crippen LogP) is 2.94. The number of alkyl halides is 3. The molecule has 0 radical (unpaired) electrons. The summed E-state index contributed by atoms with van der Waals surface area (Å²) in [4.78, 5) is 14.2. The highest BCUT2D eigenvalue weighted by molar-refractivity contribution is 9.10. The van der Waals surface area contributed by atoms with Gasteiger partial charge in [0.2, 0.25) is 0 Å². The Balaban J connectivity index is 2.59. The van der Waals surface area contributed by atoms with Crippen molar-refractivity contribution < 1.29 is 22.9 Å². The molecule has 1 aromatic rings. The van der Waals surface area contributed by atoms with Crippen LogP contribution in [0.4, 0.5) is 18.9 Å². The summed E-state index contributed by atoms with van der Waals surface area (Å²) in [6, 6.07) is 4.24. The van der Waals surface area contributed by atoms with Crippen LogP contribution in [0.3, 0.4) is 0 Å². The van der Waals surface area contributed by atoms with Crippen LogP contribution in [0.1, 0.15) is 5.56 Å². The highest BCUT2D eigenvalue weighted by atomic mass is 79.9. The van der Waals surface area contributed by atoms with Gasteiger partial charge in [-0.05, 0) is 12.1 Å². The van der Waals surface area contributed by atoms with Gasteiger partial charge in [-0.2, -0.15) is 18.7 Å². The van der Waals surface area contributed by atoms with Crippen molar-refractivity contribution in [3.8, 4) is 0 Å². The van der Waals surface area contributed by atoms with Gasteiger partial charge >= 0.3 is 6.18 Å². The summed E-state index contributed by atoms with van der Waals surface area (Å²) < 4.78 is 35.8. The molecule has 100 valence electrons.